The second-order valence-corrected chi connectivity index (χ2v) is 4.52. The third-order valence-corrected chi connectivity index (χ3v) is 3.13. The van der Waals surface area contributed by atoms with Gasteiger partial charge in [0, 0.05) is 19.8 Å². The molecule has 0 atom stereocenters. The van der Waals surface area contributed by atoms with Gasteiger partial charge in [-0.3, -0.25) is 0 Å². The van der Waals surface area contributed by atoms with Gasteiger partial charge in [0.25, 0.3) is 0 Å². The fraction of sp³-hybridized carbons (Fsp3) is 0.267. The Balaban J connectivity index is 2.04. The molecule has 3 nitrogen and oxygen atoms in total. The normalized spacial score (nSPS) is 10.3. The number of hydrogen-bond donors (Lipinski definition) is 1. The molecule has 0 unspecified atom stereocenters. The highest BCUT2D eigenvalue weighted by Crippen LogP contribution is 2.22. The highest BCUT2D eigenvalue weighted by molar-refractivity contribution is 5.65. The monoisotopic (exact) mass is 241 g/mol. The molecule has 0 amide bonds. The average Bonchev–Trinajstić information content (AvgIpc) is 2.40. The summed E-state index contributed by atoms with van der Waals surface area (Å²) in [5, 5.41) is 0. The zero-order valence-corrected chi connectivity index (χ0v) is 10.9. The molecule has 1 aromatic carbocycles. The third kappa shape index (κ3) is 2.80. The molecule has 0 saturated carbocycles. The van der Waals surface area contributed by atoms with Crippen LogP contribution in [-0.2, 0) is 6.42 Å². The molecular weight excluding hydrogens is 222 g/mol. The molecule has 0 spiro atoms. The Morgan fingerprint density at radius 3 is 2.61 bits per heavy atom. The van der Waals surface area contributed by atoms with E-state index in [1.807, 2.05) is 26.1 Å². The molecule has 0 aliphatic heterocycles. The second kappa shape index (κ2) is 5.54. The lowest BCUT2D eigenvalue weighted by atomic mass is 10.1. The molecular formula is C15H19N3. The third-order valence-electron chi connectivity index (χ3n) is 3.13. The van der Waals surface area contributed by atoms with Gasteiger partial charge in [0.05, 0.1) is 5.69 Å². The van der Waals surface area contributed by atoms with Crippen molar-refractivity contribution in [2.45, 2.75) is 13.3 Å². The predicted octanol–water partition coefficient (Wildman–Crippen LogP) is 2.65. The zero-order valence-electron chi connectivity index (χ0n) is 10.9. The maximum absolute atomic E-state index is 6.05. The molecule has 3 heteroatoms. The molecule has 2 N–H and O–H groups in total. The van der Waals surface area contributed by atoms with Crippen LogP contribution in [0.25, 0.3) is 0 Å². The summed E-state index contributed by atoms with van der Waals surface area (Å²) >= 11 is 0. The van der Waals surface area contributed by atoms with E-state index in [0.29, 0.717) is 0 Å². The van der Waals surface area contributed by atoms with E-state index in [-0.39, 0.29) is 0 Å². The zero-order chi connectivity index (χ0) is 13.0. The number of rotatable bonds is 4. The van der Waals surface area contributed by atoms with Gasteiger partial charge in [0.1, 0.15) is 0 Å². The number of aromatic nitrogens is 1. The highest BCUT2D eigenvalue weighted by atomic mass is 15.2. The molecule has 18 heavy (non-hydrogen) atoms. The summed E-state index contributed by atoms with van der Waals surface area (Å²) < 4.78 is 0. The predicted molar refractivity (Wildman–Crippen MR) is 76.8 cm³/mol. The van der Waals surface area contributed by atoms with Crippen molar-refractivity contribution in [2.75, 3.05) is 24.2 Å². The van der Waals surface area contributed by atoms with Gasteiger partial charge < -0.3 is 10.6 Å². The van der Waals surface area contributed by atoms with Crippen molar-refractivity contribution in [2.24, 2.45) is 0 Å². The minimum absolute atomic E-state index is 0.771. The maximum Gasteiger partial charge on any atom is 0.151 e. The molecule has 0 saturated heterocycles. The lowest BCUT2D eigenvalue weighted by Gasteiger charge is -2.20. The molecule has 0 bridgehead atoms. The largest absolute Gasteiger partial charge is 0.396 e. The van der Waals surface area contributed by atoms with Gasteiger partial charge in [-0.15, -0.1) is 0 Å². The number of anilines is 2. The molecule has 1 aromatic heterocycles. The first-order chi connectivity index (χ1) is 8.68. The van der Waals surface area contributed by atoms with E-state index in [4.69, 9.17) is 5.73 Å². The topological polar surface area (TPSA) is 42.2 Å². The van der Waals surface area contributed by atoms with Crippen molar-refractivity contribution in [1.29, 1.82) is 0 Å². The first-order valence-corrected chi connectivity index (χ1v) is 6.14. The number of nitrogens with two attached hydrogens (primary N) is 1. The average molecular weight is 241 g/mol. The summed E-state index contributed by atoms with van der Waals surface area (Å²) in [5.41, 5.74) is 9.22. The lowest BCUT2D eigenvalue weighted by Crippen LogP contribution is -2.22. The van der Waals surface area contributed by atoms with Gasteiger partial charge in [0.2, 0.25) is 0 Å². The first kappa shape index (κ1) is 12.4. The van der Waals surface area contributed by atoms with Crippen molar-refractivity contribution in [3.63, 3.8) is 0 Å². The molecule has 0 radical (unpaired) electrons. The smallest absolute Gasteiger partial charge is 0.151 e. The van der Waals surface area contributed by atoms with E-state index in [1.165, 1.54) is 5.56 Å². The van der Waals surface area contributed by atoms with Crippen molar-refractivity contribution >= 4 is 11.5 Å². The summed E-state index contributed by atoms with van der Waals surface area (Å²) in [4.78, 5) is 6.46. The van der Waals surface area contributed by atoms with Crippen LogP contribution >= 0.6 is 0 Å². The summed E-state index contributed by atoms with van der Waals surface area (Å²) in [6, 6.07) is 12.4. The fourth-order valence-corrected chi connectivity index (χ4v) is 1.91. The van der Waals surface area contributed by atoms with Gasteiger partial charge in [-0.1, -0.05) is 30.3 Å². The number of benzene rings is 1. The molecule has 2 rings (SSSR count). The quantitative estimate of drug-likeness (QED) is 0.894. The van der Waals surface area contributed by atoms with E-state index >= 15 is 0 Å². The highest BCUT2D eigenvalue weighted by Gasteiger charge is 2.08. The number of nitrogens with zero attached hydrogens (tertiary/aromatic N) is 2. The Labute approximate surface area is 108 Å². The molecule has 2 aromatic rings. The number of nitrogen functional groups attached to an aromatic ring is 1. The van der Waals surface area contributed by atoms with Gasteiger partial charge in [-0.05, 0) is 30.5 Å². The van der Waals surface area contributed by atoms with Gasteiger partial charge in [-0.25, -0.2) is 4.98 Å². The molecule has 0 aliphatic rings. The van der Waals surface area contributed by atoms with Gasteiger partial charge >= 0.3 is 0 Å². The van der Waals surface area contributed by atoms with Crippen LogP contribution in [0.2, 0.25) is 0 Å². The van der Waals surface area contributed by atoms with E-state index in [0.717, 1.165) is 30.0 Å². The standard InChI is InChI=1S/C15H19N3/c1-12-8-10-17-15(14(12)16)18(2)11-9-13-6-4-3-5-7-13/h3-8,10H,9,11,16H2,1-2H3. The van der Waals surface area contributed by atoms with Crippen LogP contribution in [0.15, 0.2) is 42.6 Å². The van der Waals surface area contributed by atoms with E-state index in [1.54, 1.807) is 6.20 Å². The Bertz CT molecular complexity index is 508. The Morgan fingerprint density at radius 1 is 1.17 bits per heavy atom. The van der Waals surface area contributed by atoms with Crippen LogP contribution in [0.3, 0.4) is 0 Å². The fourth-order valence-electron chi connectivity index (χ4n) is 1.91. The summed E-state index contributed by atoms with van der Waals surface area (Å²) in [6.07, 6.45) is 2.80. The molecule has 0 aliphatic carbocycles. The second-order valence-electron chi connectivity index (χ2n) is 4.52. The van der Waals surface area contributed by atoms with Crippen LogP contribution in [-0.4, -0.2) is 18.6 Å². The van der Waals surface area contributed by atoms with E-state index in [2.05, 4.69) is 34.1 Å². The molecule has 94 valence electrons. The van der Waals surface area contributed by atoms with Crippen LogP contribution < -0.4 is 10.6 Å². The Hall–Kier alpha value is -2.03. The number of likely N-dealkylation sites (N-methyl/N-ethyl adjacent to an activating group) is 1. The molecule has 0 fully saturated rings. The van der Waals surface area contributed by atoms with Crippen molar-refractivity contribution in [3.8, 4) is 0 Å². The number of hydrogen-bond acceptors (Lipinski definition) is 3. The number of pyridine rings is 1. The lowest BCUT2D eigenvalue weighted by molar-refractivity contribution is 0.860. The minimum atomic E-state index is 0.771. The van der Waals surface area contributed by atoms with Crippen LogP contribution in [0.4, 0.5) is 11.5 Å². The van der Waals surface area contributed by atoms with Crippen LogP contribution in [0.1, 0.15) is 11.1 Å². The first-order valence-electron chi connectivity index (χ1n) is 6.14. The van der Waals surface area contributed by atoms with Crippen molar-refractivity contribution in [1.82, 2.24) is 4.98 Å². The van der Waals surface area contributed by atoms with Crippen molar-refractivity contribution in [3.05, 3.63) is 53.7 Å². The number of aryl methyl sites for hydroxylation is 1. The van der Waals surface area contributed by atoms with E-state index in [9.17, 15) is 0 Å². The SMILES string of the molecule is Cc1ccnc(N(C)CCc2ccccc2)c1N. The Kier molecular flexibility index (Phi) is 3.82. The van der Waals surface area contributed by atoms with Gasteiger partial charge in [0.15, 0.2) is 5.82 Å². The van der Waals surface area contributed by atoms with Crippen LogP contribution in [0.5, 0.6) is 0 Å². The Morgan fingerprint density at radius 2 is 1.89 bits per heavy atom. The minimum Gasteiger partial charge on any atom is -0.396 e. The van der Waals surface area contributed by atoms with Crippen LogP contribution in [0, 0.1) is 6.92 Å². The van der Waals surface area contributed by atoms with E-state index < -0.39 is 0 Å². The summed E-state index contributed by atoms with van der Waals surface area (Å²) in [6.45, 7) is 2.91. The van der Waals surface area contributed by atoms with Crippen molar-refractivity contribution < 1.29 is 0 Å². The summed E-state index contributed by atoms with van der Waals surface area (Å²) in [7, 11) is 2.03. The molecule has 1 heterocycles. The maximum atomic E-state index is 6.05. The van der Waals surface area contributed by atoms with Gasteiger partial charge in [-0.2, -0.15) is 0 Å². The summed E-state index contributed by atoms with van der Waals surface area (Å²) in [5.74, 6) is 0.867.